The lowest BCUT2D eigenvalue weighted by Crippen LogP contribution is -2.24. The quantitative estimate of drug-likeness (QED) is 0.715. The van der Waals surface area contributed by atoms with Gasteiger partial charge in [0.2, 0.25) is 0 Å². The van der Waals surface area contributed by atoms with E-state index in [0.29, 0.717) is 6.04 Å². The van der Waals surface area contributed by atoms with Crippen LogP contribution in [0.4, 0.5) is 0 Å². The van der Waals surface area contributed by atoms with Crippen molar-refractivity contribution in [2.24, 2.45) is 0 Å². The molecular formula is C14H23NO. The Balaban J connectivity index is 2.26. The highest BCUT2D eigenvalue weighted by molar-refractivity contribution is 5.33. The van der Waals surface area contributed by atoms with E-state index in [0.717, 1.165) is 31.7 Å². The zero-order valence-electron chi connectivity index (χ0n) is 10.6. The van der Waals surface area contributed by atoms with E-state index in [1.807, 2.05) is 6.07 Å². The lowest BCUT2D eigenvalue weighted by Gasteiger charge is -2.11. The van der Waals surface area contributed by atoms with Gasteiger partial charge in [0.15, 0.2) is 0 Å². The maximum absolute atomic E-state index is 5.77. The average molecular weight is 221 g/mol. The number of benzene rings is 1. The SMILES string of the molecule is CCc1ccccc1OCCCNC(C)C. The van der Waals surface area contributed by atoms with E-state index in [1.54, 1.807) is 0 Å². The van der Waals surface area contributed by atoms with Gasteiger partial charge >= 0.3 is 0 Å². The molecule has 2 nitrogen and oxygen atoms in total. The summed E-state index contributed by atoms with van der Waals surface area (Å²) in [6.45, 7) is 8.28. The first-order valence-electron chi connectivity index (χ1n) is 6.18. The summed E-state index contributed by atoms with van der Waals surface area (Å²) in [5.74, 6) is 1.04. The summed E-state index contributed by atoms with van der Waals surface area (Å²) in [7, 11) is 0. The van der Waals surface area contributed by atoms with Gasteiger partial charge in [-0.15, -0.1) is 0 Å². The minimum atomic E-state index is 0.558. The van der Waals surface area contributed by atoms with E-state index >= 15 is 0 Å². The van der Waals surface area contributed by atoms with Crippen LogP contribution in [0.3, 0.4) is 0 Å². The summed E-state index contributed by atoms with van der Waals surface area (Å²) in [4.78, 5) is 0. The summed E-state index contributed by atoms with van der Waals surface area (Å²) in [5.41, 5.74) is 1.29. The van der Waals surface area contributed by atoms with Crippen LogP contribution in [0, 0.1) is 0 Å². The van der Waals surface area contributed by atoms with Crippen molar-refractivity contribution in [1.29, 1.82) is 0 Å². The molecule has 0 aromatic heterocycles. The summed E-state index contributed by atoms with van der Waals surface area (Å²) in [6.07, 6.45) is 2.08. The van der Waals surface area contributed by atoms with Gasteiger partial charge in [-0.25, -0.2) is 0 Å². The van der Waals surface area contributed by atoms with Gasteiger partial charge in [-0.05, 0) is 31.0 Å². The molecule has 0 aliphatic carbocycles. The van der Waals surface area contributed by atoms with Gasteiger partial charge in [-0.2, -0.15) is 0 Å². The topological polar surface area (TPSA) is 21.3 Å². The average Bonchev–Trinajstić information content (AvgIpc) is 2.29. The normalized spacial score (nSPS) is 10.8. The van der Waals surface area contributed by atoms with Crippen molar-refractivity contribution in [3.05, 3.63) is 29.8 Å². The molecule has 0 bridgehead atoms. The Morgan fingerprint density at radius 2 is 2.00 bits per heavy atom. The number of ether oxygens (including phenoxy) is 1. The van der Waals surface area contributed by atoms with E-state index in [4.69, 9.17) is 4.74 Å². The third-order valence-corrected chi connectivity index (χ3v) is 2.48. The Morgan fingerprint density at radius 3 is 2.69 bits per heavy atom. The highest BCUT2D eigenvalue weighted by Gasteiger charge is 2.00. The second-order valence-electron chi connectivity index (χ2n) is 4.27. The first-order chi connectivity index (χ1) is 7.74. The van der Waals surface area contributed by atoms with Gasteiger partial charge < -0.3 is 10.1 Å². The van der Waals surface area contributed by atoms with Gasteiger partial charge in [0, 0.05) is 6.04 Å². The molecule has 90 valence electrons. The molecule has 0 fully saturated rings. The van der Waals surface area contributed by atoms with Crippen molar-refractivity contribution in [2.75, 3.05) is 13.2 Å². The first-order valence-corrected chi connectivity index (χ1v) is 6.18. The molecule has 0 saturated carbocycles. The molecule has 0 unspecified atom stereocenters. The van der Waals surface area contributed by atoms with Crippen LogP contribution in [0.2, 0.25) is 0 Å². The van der Waals surface area contributed by atoms with Crippen molar-refractivity contribution in [3.8, 4) is 5.75 Å². The summed E-state index contributed by atoms with van der Waals surface area (Å²) >= 11 is 0. The van der Waals surface area contributed by atoms with Gasteiger partial charge in [-0.3, -0.25) is 0 Å². The van der Waals surface area contributed by atoms with Crippen molar-refractivity contribution >= 4 is 0 Å². The summed E-state index contributed by atoms with van der Waals surface area (Å²) < 4.78 is 5.77. The predicted octanol–water partition coefficient (Wildman–Crippen LogP) is 3.02. The smallest absolute Gasteiger partial charge is 0.122 e. The Labute approximate surface area is 99.0 Å². The number of hydrogen-bond donors (Lipinski definition) is 1. The Hall–Kier alpha value is -1.02. The van der Waals surface area contributed by atoms with Crippen LogP contribution < -0.4 is 10.1 Å². The van der Waals surface area contributed by atoms with Gasteiger partial charge in [0.1, 0.15) is 5.75 Å². The third kappa shape index (κ3) is 4.67. The zero-order valence-corrected chi connectivity index (χ0v) is 10.6. The molecule has 0 amide bonds. The number of rotatable bonds is 7. The molecule has 1 aromatic carbocycles. The van der Waals surface area contributed by atoms with E-state index in [-0.39, 0.29) is 0 Å². The van der Waals surface area contributed by atoms with Gasteiger partial charge in [-0.1, -0.05) is 39.0 Å². The van der Waals surface area contributed by atoms with Crippen molar-refractivity contribution in [1.82, 2.24) is 5.32 Å². The van der Waals surface area contributed by atoms with Gasteiger partial charge in [0.05, 0.1) is 6.61 Å². The molecule has 0 radical (unpaired) electrons. The minimum absolute atomic E-state index is 0.558. The Bertz CT molecular complexity index is 297. The number of aryl methyl sites for hydroxylation is 1. The molecule has 1 aromatic rings. The Kier molecular flexibility index (Phi) is 5.94. The van der Waals surface area contributed by atoms with E-state index in [1.165, 1.54) is 5.56 Å². The molecular weight excluding hydrogens is 198 g/mol. The molecule has 2 heteroatoms. The molecule has 0 aliphatic heterocycles. The molecule has 1 rings (SSSR count). The lowest BCUT2D eigenvalue weighted by atomic mass is 10.1. The molecule has 0 heterocycles. The molecule has 0 spiro atoms. The summed E-state index contributed by atoms with van der Waals surface area (Å²) in [6, 6.07) is 8.83. The predicted molar refractivity (Wildman–Crippen MR) is 69.1 cm³/mol. The van der Waals surface area contributed by atoms with E-state index < -0.39 is 0 Å². The molecule has 16 heavy (non-hydrogen) atoms. The molecule has 0 saturated heterocycles. The molecule has 0 atom stereocenters. The first kappa shape index (κ1) is 13.0. The van der Waals surface area contributed by atoms with E-state index in [2.05, 4.69) is 44.3 Å². The zero-order chi connectivity index (χ0) is 11.8. The maximum Gasteiger partial charge on any atom is 0.122 e. The highest BCUT2D eigenvalue weighted by atomic mass is 16.5. The fraction of sp³-hybridized carbons (Fsp3) is 0.571. The minimum Gasteiger partial charge on any atom is -0.493 e. The molecule has 0 aliphatic rings. The van der Waals surface area contributed by atoms with Crippen LogP contribution in [0.1, 0.15) is 32.8 Å². The number of para-hydroxylation sites is 1. The highest BCUT2D eigenvalue weighted by Crippen LogP contribution is 2.18. The fourth-order valence-corrected chi connectivity index (χ4v) is 1.58. The van der Waals surface area contributed by atoms with E-state index in [9.17, 15) is 0 Å². The molecule has 1 N–H and O–H groups in total. The maximum atomic E-state index is 5.77. The largest absolute Gasteiger partial charge is 0.493 e. The monoisotopic (exact) mass is 221 g/mol. The number of hydrogen-bond acceptors (Lipinski definition) is 2. The van der Waals surface area contributed by atoms with Crippen LogP contribution in [0.15, 0.2) is 24.3 Å². The van der Waals surface area contributed by atoms with Gasteiger partial charge in [0.25, 0.3) is 0 Å². The van der Waals surface area contributed by atoms with Crippen LogP contribution in [-0.4, -0.2) is 19.2 Å². The van der Waals surface area contributed by atoms with Crippen molar-refractivity contribution in [3.63, 3.8) is 0 Å². The second-order valence-corrected chi connectivity index (χ2v) is 4.27. The fourth-order valence-electron chi connectivity index (χ4n) is 1.58. The summed E-state index contributed by atoms with van der Waals surface area (Å²) in [5, 5.41) is 3.38. The van der Waals surface area contributed by atoms with Crippen LogP contribution in [0.25, 0.3) is 0 Å². The van der Waals surface area contributed by atoms with Crippen LogP contribution in [-0.2, 0) is 6.42 Å². The lowest BCUT2D eigenvalue weighted by molar-refractivity contribution is 0.303. The second kappa shape index (κ2) is 7.29. The van der Waals surface area contributed by atoms with Crippen LogP contribution in [0.5, 0.6) is 5.75 Å². The number of nitrogens with one attached hydrogen (secondary N) is 1. The van der Waals surface area contributed by atoms with Crippen LogP contribution >= 0.6 is 0 Å². The standard InChI is InChI=1S/C14H23NO/c1-4-13-8-5-6-9-14(13)16-11-7-10-15-12(2)3/h5-6,8-9,12,15H,4,7,10-11H2,1-3H3. The third-order valence-electron chi connectivity index (χ3n) is 2.48. The van der Waals surface area contributed by atoms with Crippen molar-refractivity contribution < 1.29 is 4.74 Å². The Morgan fingerprint density at radius 1 is 1.25 bits per heavy atom. The van der Waals surface area contributed by atoms with Crippen molar-refractivity contribution in [2.45, 2.75) is 39.7 Å².